The third-order valence-electron chi connectivity index (χ3n) is 1.27. The quantitative estimate of drug-likeness (QED) is 0.529. The lowest BCUT2D eigenvalue weighted by Crippen LogP contribution is -2.08. The zero-order chi connectivity index (χ0) is 6.69. The minimum absolute atomic E-state index is 0.456. The summed E-state index contributed by atoms with van der Waals surface area (Å²) in [4.78, 5) is 0. The molecule has 2 N–H and O–H groups in total. The highest BCUT2D eigenvalue weighted by Crippen LogP contribution is 2.10. The number of rotatable bonds is 2. The van der Waals surface area contributed by atoms with E-state index in [2.05, 4.69) is 6.58 Å². The van der Waals surface area contributed by atoms with Crippen LogP contribution in [0.1, 0.15) is 0 Å². The van der Waals surface area contributed by atoms with E-state index in [1.54, 1.807) is 6.08 Å². The van der Waals surface area contributed by atoms with Gasteiger partial charge in [-0.15, -0.1) is 0 Å². The normalized spacial score (nSPS) is 18.3. The minimum Gasteiger partial charge on any atom is -0.370 e. The molecule has 0 aromatic rings. The molecule has 0 saturated heterocycles. The predicted octanol–water partition coefficient (Wildman–Crippen LogP) is 0.435. The van der Waals surface area contributed by atoms with E-state index in [1.165, 1.54) is 0 Å². The van der Waals surface area contributed by atoms with Crippen LogP contribution in [0.4, 0.5) is 0 Å². The number of hydrogen-bond acceptors (Lipinski definition) is 3. The van der Waals surface area contributed by atoms with Crippen LogP contribution in [-0.2, 0) is 4.74 Å². The molecule has 1 aliphatic rings. The molecule has 3 nitrogen and oxygen atoms in total. The molecule has 1 aliphatic heterocycles. The fraction of sp³-hybridized carbons (Fsp3) is 0.333. The average molecular weight is 127 g/mol. The Morgan fingerprint density at radius 3 is 2.89 bits per heavy atom. The van der Waals surface area contributed by atoms with Crippen LogP contribution in [0.2, 0.25) is 0 Å². The Labute approximate surface area is 53.6 Å². The van der Waals surface area contributed by atoms with Crippen molar-refractivity contribution >= 4 is 0 Å². The molecule has 3 heteroatoms. The maximum atomic E-state index is 8.43. The van der Waals surface area contributed by atoms with Gasteiger partial charge in [0.15, 0.2) is 0 Å². The van der Waals surface area contributed by atoms with Crippen LogP contribution in [0.25, 0.3) is 0 Å². The topological polar surface area (TPSA) is 41.5 Å². The van der Waals surface area contributed by atoms with Crippen molar-refractivity contribution < 1.29 is 9.94 Å². The largest absolute Gasteiger partial charge is 0.370 e. The maximum Gasteiger partial charge on any atom is 0.0893 e. The number of hydroxylamine groups is 1. The second-order valence-electron chi connectivity index (χ2n) is 1.81. The lowest BCUT2D eigenvalue weighted by atomic mass is 10.2. The first kappa shape index (κ1) is 6.32. The van der Waals surface area contributed by atoms with Gasteiger partial charge in [-0.05, 0) is 0 Å². The lowest BCUT2D eigenvalue weighted by molar-refractivity contribution is 0.160. The fourth-order valence-electron chi connectivity index (χ4n) is 0.729. The lowest BCUT2D eigenvalue weighted by Gasteiger charge is -1.95. The number of nitrogens with one attached hydrogen (secondary N) is 1. The van der Waals surface area contributed by atoms with E-state index in [-0.39, 0.29) is 0 Å². The molecule has 0 fully saturated rings. The van der Waals surface area contributed by atoms with E-state index in [4.69, 9.17) is 9.94 Å². The molecule has 0 aromatic heterocycles. The summed E-state index contributed by atoms with van der Waals surface area (Å²) in [5.41, 5.74) is 3.69. The van der Waals surface area contributed by atoms with Crippen molar-refractivity contribution in [1.82, 2.24) is 5.48 Å². The van der Waals surface area contributed by atoms with E-state index in [1.807, 2.05) is 5.48 Å². The van der Waals surface area contributed by atoms with Gasteiger partial charge < -0.3 is 4.74 Å². The van der Waals surface area contributed by atoms with E-state index < -0.39 is 0 Å². The molecule has 0 radical (unpaired) electrons. The monoisotopic (exact) mass is 127 g/mol. The number of hydrogen-bond donors (Lipinski definition) is 2. The van der Waals surface area contributed by atoms with Gasteiger partial charge in [-0.1, -0.05) is 12.7 Å². The molecule has 1 heterocycles. The van der Waals surface area contributed by atoms with Crippen molar-refractivity contribution in [2.45, 2.75) is 0 Å². The van der Waals surface area contributed by atoms with Gasteiger partial charge in [0, 0.05) is 5.57 Å². The molecule has 0 saturated carbocycles. The maximum absolute atomic E-state index is 8.43. The van der Waals surface area contributed by atoms with E-state index >= 15 is 0 Å². The Morgan fingerprint density at radius 1 is 1.67 bits per heavy atom. The SMILES string of the molecule is C=CC1=C(NO)COC1. The van der Waals surface area contributed by atoms with E-state index in [0.29, 0.717) is 18.9 Å². The smallest absolute Gasteiger partial charge is 0.0893 e. The third-order valence-corrected chi connectivity index (χ3v) is 1.27. The van der Waals surface area contributed by atoms with Crippen LogP contribution in [0, 0.1) is 0 Å². The van der Waals surface area contributed by atoms with Gasteiger partial charge in [0.25, 0.3) is 0 Å². The molecule has 9 heavy (non-hydrogen) atoms. The summed E-state index contributed by atoms with van der Waals surface area (Å²) in [7, 11) is 0. The molecule has 50 valence electrons. The third kappa shape index (κ3) is 1.12. The fourth-order valence-corrected chi connectivity index (χ4v) is 0.729. The summed E-state index contributed by atoms with van der Waals surface area (Å²) in [6.07, 6.45) is 1.67. The van der Waals surface area contributed by atoms with Crippen LogP contribution < -0.4 is 5.48 Å². The van der Waals surface area contributed by atoms with Crippen molar-refractivity contribution in [3.8, 4) is 0 Å². The molecule has 0 bridgehead atoms. The first-order valence-corrected chi connectivity index (χ1v) is 2.70. The van der Waals surface area contributed by atoms with Gasteiger partial charge in [-0.2, -0.15) is 0 Å². The van der Waals surface area contributed by atoms with Gasteiger partial charge in [0.2, 0.25) is 0 Å². The summed E-state index contributed by atoms with van der Waals surface area (Å²) < 4.78 is 4.98. The minimum atomic E-state index is 0.456. The van der Waals surface area contributed by atoms with Gasteiger partial charge in [-0.25, -0.2) is 0 Å². The standard InChI is InChI=1S/C6H9NO2/c1-2-5-3-9-4-6(5)7-8/h2,7-8H,1,3-4H2. The zero-order valence-corrected chi connectivity index (χ0v) is 5.05. The molecular formula is C6H9NO2. The molecule has 0 aromatic carbocycles. The summed E-state index contributed by atoms with van der Waals surface area (Å²) in [6.45, 7) is 4.56. The van der Waals surface area contributed by atoms with Crippen molar-refractivity contribution in [2.75, 3.05) is 13.2 Å². The highest BCUT2D eigenvalue weighted by Gasteiger charge is 2.10. The van der Waals surface area contributed by atoms with Crippen LogP contribution in [0.15, 0.2) is 23.9 Å². The molecule has 0 atom stereocenters. The van der Waals surface area contributed by atoms with Crippen molar-refractivity contribution in [2.24, 2.45) is 0 Å². The summed E-state index contributed by atoms with van der Waals surface area (Å²) in [5, 5.41) is 8.43. The summed E-state index contributed by atoms with van der Waals surface area (Å²) in [5.74, 6) is 0. The van der Waals surface area contributed by atoms with Crippen molar-refractivity contribution in [1.29, 1.82) is 0 Å². The van der Waals surface area contributed by atoms with E-state index in [9.17, 15) is 0 Å². The van der Waals surface area contributed by atoms with Gasteiger partial charge >= 0.3 is 0 Å². The first-order valence-electron chi connectivity index (χ1n) is 2.70. The van der Waals surface area contributed by atoms with E-state index in [0.717, 1.165) is 5.57 Å². The second-order valence-corrected chi connectivity index (χ2v) is 1.81. The van der Waals surface area contributed by atoms with Crippen LogP contribution in [0.3, 0.4) is 0 Å². The molecular weight excluding hydrogens is 118 g/mol. The Balaban J connectivity index is 2.69. The highest BCUT2D eigenvalue weighted by atomic mass is 16.5. The average Bonchev–Trinajstić information content (AvgIpc) is 2.33. The summed E-state index contributed by atoms with van der Waals surface area (Å²) in [6, 6.07) is 0. The Kier molecular flexibility index (Phi) is 1.87. The molecule has 0 spiro atoms. The second kappa shape index (κ2) is 2.66. The highest BCUT2D eigenvalue weighted by molar-refractivity contribution is 5.26. The van der Waals surface area contributed by atoms with Crippen molar-refractivity contribution in [3.05, 3.63) is 23.9 Å². The van der Waals surface area contributed by atoms with Gasteiger partial charge in [0.1, 0.15) is 0 Å². The van der Waals surface area contributed by atoms with Gasteiger partial charge in [0.05, 0.1) is 18.9 Å². The molecule has 1 rings (SSSR count). The predicted molar refractivity (Wildman–Crippen MR) is 33.0 cm³/mol. The molecule has 0 aliphatic carbocycles. The van der Waals surface area contributed by atoms with Crippen LogP contribution >= 0.6 is 0 Å². The van der Waals surface area contributed by atoms with Crippen molar-refractivity contribution in [3.63, 3.8) is 0 Å². The zero-order valence-electron chi connectivity index (χ0n) is 5.05. The Hall–Kier alpha value is -0.800. The first-order chi connectivity index (χ1) is 4.38. The molecule has 0 amide bonds. The molecule has 0 unspecified atom stereocenters. The summed E-state index contributed by atoms with van der Waals surface area (Å²) >= 11 is 0. The van der Waals surface area contributed by atoms with Crippen LogP contribution in [0.5, 0.6) is 0 Å². The van der Waals surface area contributed by atoms with Gasteiger partial charge in [-0.3, -0.25) is 10.7 Å². The Bertz CT molecular complexity index is 151. The van der Waals surface area contributed by atoms with Crippen LogP contribution in [-0.4, -0.2) is 18.4 Å². The Morgan fingerprint density at radius 2 is 2.44 bits per heavy atom. The number of ether oxygens (including phenoxy) is 1.